The first kappa shape index (κ1) is 22.8. The van der Waals surface area contributed by atoms with E-state index < -0.39 is 5.60 Å². The Bertz CT molecular complexity index is 1780. The molecule has 0 bridgehead atoms. The maximum absolute atomic E-state index is 10.2. The summed E-state index contributed by atoms with van der Waals surface area (Å²) in [6.07, 6.45) is 7.19. The van der Waals surface area contributed by atoms with Gasteiger partial charge >= 0.3 is 0 Å². The molecule has 0 radical (unpaired) electrons. The molecule has 0 saturated heterocycles. The van der Waals surface area contributed by atoms with E-state index in [1.54, 1.807) is 6.20 Å². The summed E-state index contributed by atoms with van der Waals surface area (Å²) in [5.41, 5.74) is 9.18. The largest absolute Gasteiger partial charge is 0.390 e. The second-order valence-electron chi connectivity index (χ2n) is 10.6. The summed E-state index contributed by atoms with van der Waals surface area (Å²) >= 11 is 0. The predicted molar refractivity (Wildman–Crippen MR) is 150 cm³/mol. The van der Waals surface area contributed by atoms with Crippen LogP contribution in [-0.4, -0.2) is 35.3 Å². The zero-order valence-electron chi connectivity index (χ0n) is 21.3. The molecule has 2 aromatic carbocycles. The standard InChI is InChI=1S/C32H27N5O/c1-20-15-27-34-19-26-28(24-9-6-14-33-18-24)29(22-7-4-3-5-8-22)30(35-31(26)37(27)36-20)23-12-10-21(11-13-23)25-16-32(2,38)17-25/h3-15,18-19,25,38H,16-17H2,1-2H3. The Kier molecular flexibility index (Phi) is 5.13. The molecule has 0 aliphatic heterocycles. The second kappa shape index (κ2) is 8.57. The number of hydrogen-bond acceptors (Lipinski definition) is 5. The number of nitrogens with zero attached hydrogens (tertiary/aromatic N) is 5. The van der Waals surface area contributed by atoms with Crippen LogP contribution < -0.4 is 0 Å². The van der Waals surface area contributed by atoms with Crippen molar-refractivity contribution >= 4 is 16.7 Å². The highest BCUT2D eigenvalue weighted by Crippen LogP contribution is 2.46. The van der Waals surface area contributed by atoms with Gasteiger partial charge in [0.05, 0.1) is 17.0 Å². The Morgan fingerprint density at radius 2 is 1.63 bits per heavy atom. The van der Waals surface area contributed by atoms with Crippen LogP contribution in [0.15, 0.2) is 91.4 Å². The monoisotopic (exact) mass is 497 g/mol. The molecular weight excluding hydrogens is 470 g/mol. The van der Waals surface area contributed by atoms with Gasteiger partial charge < -0.3 is 5.11 Å². The predicted octanol–water partition coefficient (Wildman–Crippen LogP) is 6.61. The van der Waals surface area contributed by atoms with Gasteiger partial charge in [0.25, 0.3) is 0 Å². The quantitative estimate of drug-likeness (QED) is 0.297. The molecule has 0 unspecified atom stereocenters. The van der Waals surface area contributed by atoms with E-state index in [-0.39, 0.29) is 0 Å². The first-order valence-corrected chi connectivity index (χ1v) is 12.9. The molecule has 0 atom stereocenters. The highest BCUT2D eigenvalue weighted by molar-refractivity contribution is 6.06. The van der Waals surface area contributed by atoms with E-state index in [0.717, 1.165) is 68.7 Å². The minimum atomic E-state index is -0.552. The van der Waals surface area contributed by atoms with Crippen LogP contribution in [0.25, 0.3) is 50.2 Å². The summed E-state index contributed by atoms with van der Waals surface area (Å²) in [7, 11) is 0. The van der Waals surface area contributed by atoms with Crippen molar-refractivity contribution in [1.29, 1.82) is 0 Å². The number of hydrogen-bond donors (Lipinski definition) is 1. The van der Waals surface area contributed by atoms with Gasteiger partial charge in [-0.25, -0.2) is 9.97 Å². The highest BCUT2D eigenvalue weighted by Gasteiger charge is 2.39. The summed E-state index contributed by atoms with van der Waals surface area (Å²) < 4.78 is 1.84. The van der Waals surface area contributed by atoms with Crippen molar-refractivity contribution in [2.24, 2.45) is 0 Å². The highest BCUT2D eigenvalue weighted by atomic mass is 16.3. The zero-order chi connectivity index (χ0) is 25.9. The molecule has 1 aliphatic carbocycles. The Hall–Kier alpha value is -4.42. The number of rotatable bonds is 4. The lowest BCUT2D eigenvalue weighted by Gasteiger charge is -2.41. The van der Waals surface area contributed by atoms with Crippen LogP contribution in [0.5, 0.6) is 0 Å². The fourth-order valence-electron chi connectivity index (χ4n) is 5.79. The average molecular weight is 498 g/mol. The molecule has 6 aromatic rings. The van der Waals surface area contributed by atoms with E-state index in [0.29, 0.717) is 5.92 Å². The SMILES string of the molecule is Cc1cc2ncc3c(-c4cccnc4)c(-c4ccccc4)c(-c4ccc(C5CC(C)(O)C5)cc4)nc3n2n1. The van der Waals surface area contributed by atoms with Crippen LogP contribution in [0.2, 0.25) is 0 Å². The van der Waals surface area contributed by atoms with E-state index in [1.807, 2.05) is 49.0 Å². The number of benzene rings is 2. The van der Waals surface area contributed by atoms with Crippen molar-refractivity contribution in [3.05, 3.63) is 103 Å². The molecule has 4 aromatic heterocycles. The van der Waals surface area contributed by atoms with Gasteiger partial charge in [0.2, 0.25) is 0 Å². The number of pyridine rings is 2. The lowest BCUT2D eigenvalue weighted by Crippen LogP contribution is -2.39. The van der Waals surface area contributed by atoms with Gasteiger partial charge in [-0.3, -0.25) is 4.98 Å². The molecule has 38 heavy (non-hydrogen) atoms. The smallest absolute Gasteiger partial charge is 0.165 e. The zero-order valence-corrected chi connectivity index (χ0v) is 21.3. The van der Waals surface area contributed by atoms with E-state index in [9.17, 15) is 5.11 Å². The van der Waals surface area contributed by atoms with Crippen LogP contribution in [0.4, 0.5) is 0 Å². The molecule has 0 spiro atoms. The van der Waals surface area contributed by atoms with Crippen molar-refractivity contribution in [3.8, 4) is 33.5 Å². The fourth-order valence-corrected chi connectivity index (χ4v) is 5.79. The maximum atomic E-state index is 10.2. The van der Waals surface area contributed by atoms with Crippen LogP contribution in [0.3, 0.4) is 0 Å². The van der Waals surface area contributed by atoms with Gasteiger partial charge in [0.15, 0.2) is 11.3 Å². The Morgan fingerprint density at radius 3 is 2.34 bits per heavy atom. The third kappa shape index (κ3) is 3.76. The summed E-state index contributed by atoms with van der Waals surface area (Å²) in [6.45, 7) is 3.88. The van der Waals surface area contributed by atoms with E-state index >= 15 is 0 Å². The van der Waals surface area contributed by atoms with Gasteiger partial charge in [-0.15, -0.1) is 0 Å². The second-order valence-corrected chi connectivity index (χ2v) is 10.6. The van der Waals surface area contributed by atoms with Crippen molar-refractivity contribution < 1.29 is 5.11 Å². The first-order valence-electron chi connectivity index (χ1n) is 12.9. The minimum absolute atomic E-state index is 0.390. The fraction of sp³-hybridized carbons (Fsp3) is 0.188. The summed E-state index contributed by atoms with van der Waals surface area (Å²) in [4.78, 5) is 14.5. The van der Waals surface area contributed by atoms with Crippen molar-refractivity contribution in [2.75, 3.05) is 0 Å². The molecular formula is C32H27N5O. The molecule has 6 nitrogen and oxygen atoms in total. The Morgan fingerprint density at radius 1 is 0.868 bits per heavy atom. The number of aryl methyl sites for hydroxylation is 1. The van der Waals surface area contributed by atoms with Crippen LogP contribution in [-0.2, 0) is 0 Å². The molecule has 1 fully saturated rings. The van der Waals surface area contributed by atoms with E-state index in [1.165, 1.54) is 5.56 Å². The normalized spacial score (nSPS) is 19.1. The minimum Gasteiger partial charge on any atom is -0.390 e. The van der Waals surface area contributed by atoms with E-state index in [4.69, 9.17) is 15.1 Å². The average Bonchev–Trinajstić information content (AvgIpc) is 3.32. The molecule has 6 heteroatoms. The number of fused-ring (bicyclic) bond motifs is 3. The van der Waals surface area contributed by atoms with Crippen LogP contribution in [0, 0.1) is 6.92 Å². The molecule has 1 N–H and O–H groups in total. The van der Waals surface area contributed by atoms with Gasteiger partial charge in [-0.1, -0.05) is 60.7 Å². The molecule has 7 rings (SSSR count). The molecule has 1 saturated carbocycles. The summed E-state index contributed by atoms with van der Waals surface area (Å²) in [5.74, 6) is 0.390. The van der Waals surface area contributed by atoms with Crippen LogP contribution in [0.1, 0.15) is 36.9 Å². The third-order valence-corrected chi connectivity index (χ3v) is 7.59. The topological polar surface area (TPSA) is 76.2 Å². The molecule has 1 aliphatic rings. The van der Waals surface area contributed by atoms with Gasteiger partial charge in [0, 0.05) is 52.3 Å². The molecule has 4 heterocycles. The molecule has 186 valence electrons. The van der Waals surface area contributed by atoms with E-state index in [2.05, 4.69) is 59.6 Å². The Labute approximate surface area is 220 Å². The number of aromatic nitrogens is 5. The first-order chi connectivity index (χ1) is 18.5. The Balaban J connectivity index is 1.53. The van der Waals surface area contributed by atoms with Gasteiger partial charge in [-0.2, -0.15) is 9.61 Å². The lowest BCUT2D eigenvalue weighted by molar-refractivity contribution is -0.0313. The van der Waals surface area contributed by atoms with Crippen molar-refractivity contribution in [3.63, 3.8) is 0 Å². The van der Waals surface area contributed by atoms with Gasteiger partial charge in [0.1, 0.15) is 0 Å². The summed E-state index contributed by atoms with van der Waals surface area (Å²) in [5, 5.41) is 15.9. The maximum Gasteiger partial charge on any atom is 0.165 e. The van der Waals surface area contributed by atoms with Crippen molar-refractivity contribution in [1.82, 2.24) is 24.6 Å². The summed E-state index contributed by atoms with van der Waals surface area (Å²) in [6, 6.07) is 25.1. The van der Waals surface area contributed by atoms with Crippen molar-refractivity contribution in [2.45, 2.75) is 38.2 Å². The van der Waals surface area contributed by atoms with Gasteiger partial charge in [-0.05, 0) is 49.8 Å². The molecule has 0 amide bonds. The number of aliphatic hydroxyl groups is 1. The lowest BCUT2D eigenvalue weighted by atomic mass is 9.69. The van der Waals surface area contributed by atoms with Crippen LogP contribution >= 0.6 is 0 Å². The third-order valence-electron chi connectivity index (χ3n) is 7.59.